The Morgan fingerprint density at radius 3 is 2.52 bits per heavy atom. The van der Waals surface area contributed by atoms with Crippen molar-refractivity contribution >= 4 is 17.5 Å². The summed E-state index contributed by atoms with van der Waals surface area (Å²) >= 11 is 0. The number of likely N-dealkylation sites (tertiary alicyclic amines) is 1. The maximum absolute atomic E-state index is 13.0. The molecule has 0 saturated carbocycles. The number of nitrogens with one attached hydrogen (secondary N) is 1. The monoisotopic (exact) mass is 338 g/mol. The van der Waals surface area contributed by atoms with Crippen molar-refractivity contribution in [1.29, 1.82) is 0 Å². The molecule has 2 atom stereocenters. The number of benzene rings is 2. The van der Waals surface area contributed by atoms with E-state index >= 15 is 0 Å². The van der Waals surface area contributed by atoms with Gasteiger partial charge in [0.1, 0.15) is 5.75 Å². The number of carbonyl (C=O) groups is 2. The summed E-state index contributed by atoms with van der Waals surface area (Å²) in [5, 5.41) is 2.96. The Kier molecular flexibility index (Phi) is 5.03. The summed E-state index contributed by atoms with van der Waals surface area (Å²) in [6.07, 6.45) is 0.910. The zero-order valence-corrected chi connectivity index (χ0v) is 14.4. The van der Waals surface area contributed by atoms with E-state index in [1.54, 1.807) is 25.1 Å². The van der Waals surface area contributed by atoms with Crippen LogP contribution in [-0.4, -0.2) is 30.9 Å². The van der Waals surface area contributed by atoms with Crippen molar-refractivity contribution in [2.75, 3.05) is 19.5 Å². The molecule has 1 fully saturated rings. The van der Waals surface area contributed by atoms with Crippen molar-refractivity contribution < 1.29 is 14.3 Å². The molecule has 0 bridgehead atoms. The molecule has 2 aromatic rings. The van der Waals surface area contributed by atoms with E-state index in [0.29, 0.717) is 24.3 Å². The standard InChI is InChI=1S/C20H22N2O3/c1-22-18(23)13-12-15(19(22)14-8-4-3-5-9-14)20(24)21-16-10-6-7-11-17(16)25-2/h3-11,15,19H,12-13H2,1-2H3,(H,21,24)/t15-,19-/m0/s1. The molecule has 1 saturated heterocycles. The molecule has 5 heteroatoms. The van der Waals surface area contributed by atoms with Gasteiger partial charge in [0.15, 0.2) is 0 Å². The van der Waals surface area contributed by atoms with Gasteiger partial charge in [-0.3, -0.25) is 9.59 Å². The largest absolute Gasteiger partial charge is 0.495 e. The second-order valence-electron chi connectivity index (χ2n) is 6.19. The number of nitrogens with zero attached hydrogens (tertiary/aromatic N) is 1. The van der Waals surface area contributed by atoms with Crippen LogP contribution in [0.2, 0.25) is 0 Å². The van der Waals surface area contributed by atoms with Crippen LogP contribution < -0.4 is 10.1 Å². The number of ether oxygens (including phenoxy) is 1. The highest BCUT2D eigenvalue weighted by Gasteiger charge is 2.38. The summed E-state index contributed by atoms with van der Waals surface area (Å²) in [5.41, 5.74) is 1.61. The van der Waals surface area contributed by atoms with Crippen LogP contribution in [0.1, 0.15) is 24.4 Å². The van der Waals surface area contributed by atoms with Crippen molar-refractivity contribution in [3.8, 4) is 5.75 Å². The second kappa shape index (κ2) is 7.38. The van der Waals surface area contributed by atoms with E-state index < -0.39 is 0 Å². The SMILES string of the molecule is COc1ccccc1NC(=O)[C@H]1CCC(=O)N(C)[C@H]1c1ccccc1. The molecule has 5 nitrogen and oxygen atoms in total. The van der Waals surface area contributed by atoms with Gasteiger partial charge in [0.25, 0.3) is 0 Å². The van der Waals surface area contributed by atoms with E-state index in [1.165, 1.54) is 0 Å². The van der Waals surface area contributed by atoms with Crippen LogP contribution in [0, 0.1) is 5.92 Å². The van der Waals surface area contributed by atoms with Gasteiger partial charge in [0.05, 0.1) is 24.8 Å². The van der Waals surface area contributed by atoms with E-state index in [-0.39, 0.29) is 23.8 Å². The molecule has 1 aliphatic heterocycles. The van der Waals surface area contributed by atoms with Gasteiger partial charge in [-0.25, -0.2) is 0 Å². The molecular formula is C20H22N2O3. The minimum atomic E-state index is -0.310. The molecule has 0 aromatic heterocycles. The molecule has 0 unspecified atom stereocenters. The fourth-order valence-electron chi connectivity index (χ4n) is 3.39. The lowest BCUT2D eigenvalue weighted by atomic mass is 9.84. The van der Waals surface area contributed by atoms with Crippen molar-refractivity contribution in [3.05, 3.63) is 60.2 Å². The second-order valence-corrected chi connectivity index (χ2v) is 6.19. The van der Waals surface area contributed by atoms with Gasteiger partial charge in [-0.2, -0.15) is 0 Å². The number of para-hydroxylation sites is 2. The van der Waals surface area contributed by atoms with Gasteiger partial charge in [-0.05, 0) is 24.1 Å². The summed E-state index contributed by atoms with van der Waals surface area (Å²) in [4.78, 5) is 26.8. The highest BCUT2D eigenvalue weighted by atomic mass is 16.5. The van der Waals surface area contributed by atoms with Gasteiger partial charge < -0.3 is 15.0 Å². The van der Waals surface area contributed by atoms with Gasteiger partial charge in [-0.15, -0.1) is 0 Å². The molecule has 130 valence electrons. The minimum absolute atomic E-state index is 0.0650. The molecule has 0 radical (unpaired) electrons. The smallest absolute Gasteiger partial charge is 0.230 e. The Bertz CT molecular complexity index is 761. The number of hydrogen-bond acceptors (Lipinski definition) is 3. The number of rotatable bonds is 4. The Morgan fingerprint density at radius 2 is 1.80 bits per heavy atom. The molecule has 1 N–H and O–H groups in total. The van der Waals surface area contributed by atoms with Gasteiger partial charge in [0.2, 0.25) is 11.8 Å². The predicted molar refractivity (Wildman–Crippen MR) is 96.3 cm³/mol. The number of anilines is 1. The lowest BCUT2D eigenvalue weighted by molar-refractivity contribution is -0.140. The maximum Gasteiger partial charge on any atom is 0.230 e. The molecule has 0 aliphatic carbocycles. The van der Waals surface area contributed by atoms with Crippen LogP contribution in [-0.2, 0) is 9.59 Å². The van der Waals surface area contributed by atoms with Gasteiger partial charge >= 0.3 is 0 Å². The molecular weight excluding hydrogens is 316 g/mol. The Morgan fingerprint density at radius 1 is 1.12 bits per heavy atom. The number of hydrogen-bond donors (Lipinski definition) is 1. The zero-order valence-electron chi connectivity index (χ0n) is 14.4. The predicted octanol–water partition coefficient (Wildman–Crippen LogP) is 3.24. The minimum Gasteiger partial charge on any atom is -0.495 e. The molecule has 1 heterocycles. The molecule has 0 spiro atoms. The van der Waals surface area contributed by atoms with Crippen molar-refractivity contribution in [3.63, 3.8) is 0 Å². The number of amides is 2. The third-order valence-electron chi connectivity index (χ3n) is 4.70. The first-order valence-corrected chi connectivity index (χ1v) is 8.36. The van der Waals surface area contributed by atoms with Crippen LogP contribution in [0.25, 0.3) is 0 Å². The summed E-state index contributed by atoms with van der Waals surface area (Å²) in [6, 6.07) is 16.8. The first kappa shape index (κ1) is 17.0. The molecule has 1 aliphatic rings. The maximum atomic E-state index is 13.0. The van der Waals surface area contributed by atoms with Crippen LogP contribution in [0.3, 0.4) is 0 Å². The Balaban J connectivity index is 1.88. The van der Waals surface area contributed by atoms with Crippen molar-refractivity contribution in [1.82, 2.24) is 4.90 Å². The fraction of sp³-hybridized carbons (Fsp3) is 0.300. The van der Waals surface area contributed by atoms with Gasteiger partial charge in [0, 0.05) is 13.5 Å². The first-order chi connectivity index (χ1) is 12.1. The number of carbonyl (C=O) groups excluding carboxylic acids is 2. The van der Waals surface area contributed by atoms with Crippen molar-refractivity contribution in [2.24, 2.45) is 5.92 Å². The zero-order chi connectivity index (χ0) is 17.8. The number of methoxy groups -OCH3 is 1. The van der Waals surface area contributed by atoms with E-state index in [9.17, 15) is 9.59 Å². The Hall–Kier alpha value is -2.82. The topological polar surface area (TPSA) is 58.6 Å². The van der Waals surface area contributed by atoms with Gasteiger partial charge in [-0.1, -0.05) is 42.5 Å². The molecule has 2 aromatic carbocycles. The van der Waals surface area contributed by atoms with E-state index in [1.807, 2.05) is 48.5 Å². The van der Waals surface area contributed by atoms with Crippen LogP contribution in [0.5, 0.6) is 5.75 Å². The normalized spacial score (nSPS) is 20.2. The summed E-state index contributed by atoms with van der Waals surface area (Å²) < 4.78 is 5.30. The molecule has 2 amide bonds. The lowest BCUT2D eigenvalue weighted by Crippen LogP contribution is -2.44. The van der Waals surface area contributed by atoms with Crippen LogP contribution in [0.4, 0.5) is 5.69 Å². The van der Waals surface area contributed by atoms with E-state index in [2.05, 4.69) is 5.32 Å². The van der Waals surface area contributed by atoms with Crippen LogP contribution in [0.15, 0.2) is 54.6 Å². The summed E-state index contributed by atoms with van der Waals surface area (Å²) in [5.74, 6) is 0.273. The fourth-order valence-corrected chi connectivity index (χ4v) is 3.39. The number of piperidine rings is 1. The summed E-state index contributed by atoms with van der Waals surface area (Å²) in [6.45, 7) is 0. The molecule has 3 rings (SSSR count). The average molecular weight is 338 g/mol. The molecule has 25 heavy (non-hydrogen) atoms. The third kappa shape index (κ3) is 3.50. The Labute approximate surface area is 147 Å². The highest BCUT2D eigenvalue weighted by Crippen LogP contribution is 2.37. The summed E-state index contributed by atoms with van der Waals surface area (Å²) in [7, 11) is 3.34. The third-order valence-corrected chi connectivity index (χ3v) is 4.70. The highest BCUT2D eigenvalue weighted by molar-refractivity contribution is 5.95. The van der Waals surface area contributed by atoms with E-state index in [4.69, 9.17) is 4.74 Å². The lowest BCUT2D eigenvalue weighted by Gasteiger charge is -2.38. The average Bonchev–Trinajstić information content (AvgIpc) is 2.65. The first-order valence-electron chi connectivity index (χ1n) is 8.36. The van der Waals surface area contributed by atoms with Crippen LogP contribution >= 0.6 is 0 Å². The van der Waals surface area contributed by atoms with E-state index in [0.717, 1.165) is 5.56 Å². The quantitative estimate of drug-likeness (QED) is 0.931. The van der Waals surface area contributed by atoms with Crippen molar-refractivity contribution in [2.45, 2.75) is 18.9 Å².